The SMILES string of the molecule is CNC(=O)CN(CCCN)C1CCCCC1. The third-order valence-electron chi connectivity index (χ3n) is 3.37. The van der Waals surface area contributed by atoms with Crippen LogP contribution in [0.3, 0.4) is 0 Å². The molecule has 0 unspecified atom stereocenters. The summed E-state index contributed by atoms with van der Waals surface area (Å²) in [6.07, 6.45) is 7.41. The van der Waals surface area contributed by atoms with E-state index in [9.17, 15) is 4.79 Å². The van der Waals surface area contributed by atoms with Crippen molar-refractivity contribution in [1.82, 2.24) is 10.2 Å². The predicted octanol–water partition coefficient (Wildman–Crippen LogP) is 0.716. The standard InChI is InChI=1S/C12H25N3O/c1-14-12(16)10-15(9-5-8-13)11-6-3-2-4-7-11/h11H,2-10,13H2,1H3,(H,14,16). The van der Waals surface area contributed by atoms with Gasteiger partial charge in [0.15, 0.2) is 0 Å². The van der Waals surface area contributed by atoms with E-state index in [1.165, 1.54) is 32.1 Å². The summed E-state index contributed by atoms with van der Waals surface area (Å²) >= 11 is 0. The lowest BCUT2D eigenvalue weighted by atomic mass is 9.94. The summed E-state index contributed by atoms with van der Waals surface area (Å²) < 4.78 is 0. The molecular formula is C12H25N3O. The first-order chi connectivity index (χ1) is 7.77. The van der Waals surface area contributed by atoms with Crippen molar-refractivity contribution in [3.8, 4) is 0 Å². The first-order valence-electron chi connectivity index (χ1n) is 6.42. The molecule has 0 heterocycles. The van der Waals surface area contributed by atoms with E-state index in [0.717, 1.165) is 13.0 Å². The summed E-state index contributed by atoms with van der Waals surface area (Å²) in [6, 6.07) is 0.595. The molecule has 1 rings (SSSR count). The normalized spacial score (nSPS) is 17.7. The number of nitrogens with zero attached hydrogens (tertiary/aromatic N) is 1. The Hall–Kier alpha value is -0.610. The van der Waals surface area contributed by atoms with Crippen molar-refractivity contribution in [3.63, 3.8) is 0 Å². The lowest BCUT2D eigenvalue weighted by Gasteiger charge is -2.33. The van der Waals surface area contributed by atoms with Crippen molar-refractivity contribution < 1.29 is 4.79 Å². The van der Waals surface area contributed by atoms with Gasteiger partial charge in [-0.15, -0.1) is 0 Å². The van der Waals surface area contributed by atoms with Gasteiger partial charge in [-0.2, -0.15) is 0 Å². The van der Waals surface area contributed by atoms with Gasteiger partial charge in [-0.1, -0.05) is 19.3 Å². The summed E-state index contributed by atoms with van der Waals surface area (Å²) in [5, 5.41) is 2.70. The van der Waals surface area contributed by atoms with Crippen LogP contribution in [0.2, 0.25) is 0 Å². The maximum atomic E-state index is 11.4. The largest absolute Gasteiger partial charge is 0.358 e. The van der Waals surface area contributed by atoms with Gasteiger partial charge in [0.1, 0.15) is 0 Å². The Balaban J connectivity index is 2.43. The second kappa shape index (κ2) is 7.63. The molecule has 94 valence electrons. The van der Waals surface area contributed by atoms with Gasteiger partial charge in [-0.3, -0.25) is 9.69 Å². The topological polar surface area (TPSA) is 58.4 Å². The fourth-order valence-corrected chi connectivity index (χ4v) is 2.39. The van der Waals surface area contributed by atoms with Crippen molar-refractivity contribution in [2.75, 3.05) is 26.7 Å². The Morgan fingerprint density at radius 2 is 2.06 bits per heavy atom. The molecule has 4 heteroatoms. The van der Waals surface area contributed by atoms with Gasteiger partial charge < -0.3 is 11.1 Å². The Morgan fingerprint density at radius 1 is 1.38 bits per heavy atom. The minimum absolute atomic E-state index is 0.114. The molecule has 1 fully saturated rings. The van der Waals surface area contributed by atoms with E-state index in [1.807, 2.05) is 0 Å². The Bertz CT molecular complexity index is 202. The Kier molecular flexibility index (Phi) is 6.42. The number of likely N-dealkylation sites (N-methyl/N-ethyl adjacent to an activating group) is 1. The van der Waals surface area contributed by atoms with Crippen LogP contribution in [0.15, 0.2) is 0 Å². The van der Waals surface area contributed by atoms with Crippen LogP contribution < -0.4 is 11.1 Å². The molecule has 1 aliphatic carbocycles. The van der Waals surface area contributed by atoms with Gasteiger partial charge in [0.25, 0.3) is 0 Å². The first kappa shape index (κ1) is 13.5. The van der Waals surface area contributed by atoms with Crippen LogP contribution in [0.4, 0.5) is 0 Å². The number of carbonyl (C=O) groups excluding carboxylic acids is 1. The molecule has 0 aromatic rings. The number of nitrogens with one attached hydrogen (secondary N) is 1. The molecule has 1 amide bonds. The fraction of sp³-hybridized carbons (Fsp3) is 0.917. The Morgan fingerprint density at radius 3 is 2.62 bits per heavy atom. The van der Waals surface area contributed by atoms with Gasteiger partial charge in [0.05, 0.1) is 6.54 Å². The van der Waals surface area contributed by atoms with Crippen molar-refractivity contribution in [1.29, 1.82) is 0 Å². The zero-order valence-corrected chi connectivity index (χ0v) is 10.4. The molecule has 1 saturated carbocycles. The number of hydrogen-bond donors (Lipinski definition) is 2. The predicted molar refractivity (Wildman–Crippen MR) is 66.2 cm³/mol. The third-order valence-corrected chi connectivity index (χ3v) is 3.37. The van der Waals surface area contributed by atoms with Crippen LogP contribution in [0, 0.1) is 0 Å². The number of rotatable bonds is 6. The third kappa shape index (κ3) is 4.49. The molecule has 4 nitrogen and oxygen atoms in total. The number of nitrogens with two attached hydrogens (primary N) is 1. The average molecular weight is 227 g/mol. The van der Waals surface area contributed by atoms with Gasteiger partial charge >= 0.3 is 0 Å². The Labute approximate surface area is 98.6 Å². The van der Waals surface area contributed by atoms with Crippen molar-refractivity contribution >= 4 is 5.91 Å². The minimum Gasteiger partial charge on any atom is -0.358 e. The van der Waals surface area contributed by atoms with Crippen molar-refractivity contribution in [2.45, 2.75) is 44.6 Å². The maximum absolute atomic E-state index is 11.4. The highest BCUT2D eigenvalue weighted by molar-refractivity contribution is 5.77. The van der Waals surface area contributed by atoms with Gasteiger partial charge in [-0.25, -0.2) is 0 Å². The van der Waals surface area contributed by atoms with Gasteiger partial charge in [-0.05, 0) is 25.8 Å². The summed E-state index contributed by atoms with van der Waals surface area (Å²) in [6.45, 7) is 2.19. The van der Waals surface area contributed by atoms with Crippen LogP contribution in [0.25, 0.3) is 0 Å². The van der Waals surface area contributed by atoms with Crippen molar-refractivity contribution in [3.05, 3.63) is 0 Å². The monoisotopic (exact) mass is 227 g/mol. The molecule has 0 aromatic carbocycles. The molecule has 0 aromatic heterocycles. The first-order valence-corrected chi connectivity index (χ1v) is 6.42. The lowest BCUT2D eigenvalue weighted by molar-refractivity contribution is -0.122. The fourth-order valence-electron chi connectivity index (χ4n) is 2.39. The van der Waals surface area contributed by atoms with E-state index in [2.05, 4.69) is 10.2 Å². The average Bonchev–Trinajstić information content (AvgIpc) is 2.35. The summed E-state index contributed by atoms with van der Waals surface area (Å²) in [7, 11) is 1.70. The molecule has 0 atom stereocenters. The quantitative estimate of drug-likeness (QED) is 0.703. The second-order valence-corrected chi connectivity index (χ2v) is 4.58. The molecule has 0 radical (unpaired) electrons. The smallest absolute Gasteiger partial charge is 0.233 e. The molecule has 0 saturated heterocycles. The highest BCUT2D eigenvalue weighted by Crippen LogP contribution is 2.22. The lowest BCUT2D eigenvalue weighted by Crippen LogP contribution is -2.44. The summed E-state index contributed by atoms with van der Waals surface area (Å²) in [4.78, 5) is 13.8. The molecule has 0 aliphatic heterocycles. The number of amides is 1. The zero-order valence-electron chi connectivity index (χ0n) is 10.4. The molecular weight excluding hydrogens is 202 g/mol. The van der Waals surface area contributed by atoms with E-state index >= 15 is 0 Å². The minimum atomic E-state index is 0.114. The molecule has 0 spiro atoms. The zero-order chi connectivity index (χ0) is 11.8. The maximum Gasteiger partial charge on any atom is 0.233 e. The molecule has 1 aliphatic rings. The van der Waals surface area contributed by atoms with Crippen LogP contribution in [-0.4, -0.2) is 43.5 Å². The number of hydrogen-bond acceptors (Lipinski definition) is 3. The van der Waals surface area contributed by atoms with Crippen LogP contribution in [0.5, 0.6) is 0 Å². The summed E-state index contributed by atoms with van der Waals surface area (Å²) in [5.41, 5.74) is 5.54. The number of carbonyl (C=O) groups is 1. The summed E-state index contributed by atoms with van der Waals surface area (Å²) in [5.74, 6) is 0.114. The van der Waals surface area contributed by atoms with E-state index in [0.29, 0.717) is 19.1 Å². The van der Waals surface area contributed by atoms with Crippen molar-refractivity contribution in [2.24, 2.45) is 5.73 Å². The molecule has 3 N–H and O–H groups in total. The van der Waals surface area contributed by atoms with Gasteiger partial charge in [0, 0.05) is 19.6 Å². The second-order valence-electron chi connectivity index (χ2n) is 4.58. The highest BCUT2D eigenvalue weighted by Gasteiger charge is 2.22. The van der Waals surface area contributed by atoms with Gasteiger partial charge in [0.2, 0.25) is 5.91 Å². The van der Waals surface area contributed by atoms with E-state index in [1.54, 1.807) is 7.05 Å². The van der Waals surface area contributed by atoms with Crippen LogP contribution in [-0.2, 0) is 4.79 Å². The highest BCUT2D eigenvalue weighted by atomic mass is 16.1. The van der Waals surface area contributed by atoms with Crippen LogP contribution in [0.1, 0.15) is 38.5 Å². The molecule has 16 heavy (non-hydrogen) atoms. The van der Waals surface area contributed by atoms with E-state index in [-0.39, 0.29) is 5.91 Å². The van der Waals surface area contributed by atoms with E-state index in [4.69, 9.17) is 5.73 Å². The molecule has 0 bridgehead atoms. The van der Waals surface area contributed by atoms with Crippen LogP contribution >= 0.6 is 0 Å². The van der Waals surface area contributed by atoms with E-state index < -0.39 is 0 Å².